The molecule has 64 heavy (non-hydrogen) atoms. The molecule has 0 aromatic heterocycles. The van der Waals surface area contributed by atoms with Gasteiger partial charge >= 0.3 is 5.97 Å². The quantitative estimate of drug-likeness (QED) is 0.0208. The third kappa shape index (κ3) is 25.4. The molecule has 0 spiro atoms. The number of aliphatic hydroxyl groups is 7. The fourth-order valence-electron chi connectivity index (χ4n) is 7.02. The van der Waals surface area contributed by atoms with Crippen molar-refractivity contribution in [3.05, 3.63) is 72.9 Å². The van der Waals surface area contributed by atoms with Gasteiger partial charge in [0.15, 0.2) is 12.6 Å². The zero-order valence-electron chi connectivity index (χ0n) is 38.7. The van der Waals surface area contributed by atoms with Crippen molar-refractivity contribution in [2.75, 3.05) is 33.0 Å². The summed E-state index contributed by atoms with van der Waals surface area (Å²) >= 11 is 0. The topological polar surface area (TPSA) is 214 Å². The molecule has 0 aliphatic carbocycles. The van der Waals surface area contributed by atoms with Crippen molar-refractivity contribution in [1.29, 1.82) is 0 Å². The molecule has 2 aliphatic heterocycles. The van der Waals surface area contributed by atoms with Gasteiger partial charge in [-0.1, -0.05) is 125 Å². The predicted molar refractivity (Wildman–Crippen MR) is 247 cm³/mol. The van der Waals surface area contributed by atoms with E-state index < -0.39 is 86.7 Å². The van der Waals surface area contributed by atoms with E-state index in [1.807, 2.05) is 0 Å². The molecule has 0 bridgehead atoms. The van der Waals surface area contributed by atoms with Gasteiger partial charge < -0.3 is 64.2 Å². The second kappa shape index (κ2) is 37.5. The highest BCUT2D eigenvalue weighted by Crippen LogP contribution is 2.26. The lowest BCUT2D eigenvalue weighted by molar-refractivity contribution is -0.332. The Labute approximate surface area is 383 Å². The van der Waals surface area contributed by atoms with E-state index in [2.05, 4.69) is 86.8 Å². The van der Waals surface area contributed by atoms with E-state index >= 15 is 0 Å². The Morgan fingerprint density at radius 3 is 1.61 bits per heavy atom. The van der Waals surface area contributed by atoms with Crippen LogP contribution >= 0.6 is 0 Å². The van der Waals surface area contributed by atoms with Gasteiger partial charge in [-0.05, 0) is 77.0 Å². The second-order valence-corrected chi connectivity index (χ2v) is 16.5. The lowest BCUT2D eigenvalue weighted by Crippen LogP contribution is -2.61. The molecule has 0 aromatic rings. The van der Waals surface area contributed by atoms with E-state index in [-0.39, 0.29) is 19.6 Å². The third-order valence-corrected chi connectivity index (χ3v) is 10.9. The second-order valence-electron chi connectivity index (χ2n) is 16.5. The Morgan fingerprint density at radius 1 is 0.531 bits per heavy atom. The maximum absolute atomic E-state index is 13.0. The van der Waals surface area contributed by atoms with Crippen LogP contribution in [0.2, 0.25) is 0 Å². The number of hydrogen-bond acceptors (Lipinski definition) is 14. The summed E-state index contributed by atoms with van der Waals surface area (Å²) in [5.41, 5.74) is 0. The van der Waals surface area contributed by atoms with Crippen molar-refractivity contribution in [2.45, 2.75) is 203 Å². The third-order valence-electron chi connectivity index (χ3n) is 10.9. The molecular weight excluding hydrogens is 825 g/mol. The zero-order valence-corrected chi connectivity index (χ0v) is 38.7. The van der Waals surface area contributed by atoms with Crippen LogP contribution in [0.3, 0.4) is 0 Å². The summed E-state index contributed by atoms with van der Waals surface area (Å²) in [6, 6.07) is 0. The SMILES string of the molecule is CC/C=C\C/C=C\C/C=C\C/C=C\C/C=C\CCCCCC(=O)OC(COCCCCCCCC/C=C\CCC)COC1OC(COC2OC(CO)C(O)C(O)C2O)C(O)C(O)C1O. The molecular formula is C50H84O14. The highest BCUT2D eigenvalue weighted by molar-refractivity contribution is 5.69. The first-order valence-electron chi connectivity index (χ1n) is 24.0. The fraction of sp³-hybridized carbons (Fsp3) is 0.740. The van der Waals surface area contributed by atoms with Gasteiger partial charge in [0.25, 0.3) is 0 Å². The van der Waals surface area contributed by atoms with Crippen molar-refractivity contribution < 1.29 is 69.0 Å². The van der Waals surface area contributed by atoms with E-state index in [9.17, 15) is 40.5 Å². The summed E-state index contributed by atoms with van der Waals surface area (Å²) in [5.74, 6) is -0.414. The summed E-state index contributed by atoms with van der Waals surface area (Å²) in [5, 5.41) is 72.0. The minimum atomic E-state index is -1.72. The van der Waals surface area contributed by atoms with Crippen LogP contribution in [0.15, 0.2) is 72.9 Å². The van der Waals surface area contributed by atoms with Crippen LogP contribution in [0, 0.1) is 0 Å². The first kappa shape index (κ1) is 57.6. The van der Waals surface area contributed by atoms with Gasteiger partial charge in [0.05, 0.1) is 26.4 Å². The molecule has 0 aromatic carbocycles. The Morgan fingerprint density at radius 2 is 1.02 bits per heavy atom. The van der Waals surface area contributed by atoms with Crippen LogP contribution in [0.1, 0.15) is 136 Å². The predicted octanol–water partition coefficient (Wildman–Crippen LogP) is 6.34. The van der Waals surface area contributed by atoms with Crippen LogP contribution in [-0.2, 0) is 33.2 Å². The normalized spacial score (nSPS) is 27.4. The first-order chi connectivity index (χ1) is 31.1. The van der Waals surface area contributed by atoms with E-state index in [0.717, 1.165) is 89.9 Å². The van der Waals surface area contributed by atoms with Gasteiger partial charge in [-0.15, -0.1) is 0 Å². The standard InChI is InChI=1S/C50H84O14/c1-3-5-7-9-11-13-15-16-17-18-19-20-21-22-23-25-27-29-31-33-42(52)62-39(36-59-34-32-30-28-26-24-14-12-10-8-6-4-2)37-60-49-48(58)46(56)44(54)41(64-49)38-61-50-47(57)45(55)43(53)40(35-51)63-50/h5,7-8,10-11,13,16-17,19-20,22-23,39-41,43-51,53-58H,3-4,6,9,12,14-15,18,21,24-38H2,1-2H3/b7-5-,10-8-,13-11-,17-16-,20-19-,23-22-. The molecule has 14 heteroatoms. The van der Waals surface area contributed by atoms with Gasteiger partial charge in [-0.2, -0.15) is 0 Å². The van der Waals surface area contributed by atoms with Gasteiger partial charge in [0.1, 0.15) is 54.9 Å². The molecule has 2 heterocycles. The number of ether oxygens (including phenoxy) is 6. The fourth-order valence-corrected chi connectivity index (χ4v) is 7.02. The molecule has 0 saturated carbocycles. The van der Waals surface area contributed by atoms with Crippen LogP contribution in [0.25, 0.3) is 0 Å². The maximum Gasteiger partial charge on any atom is 0.306 e. The van der Waals surface area contributed by atoms with Crippen LogP contribution < -0.4 is 0 Å². The Kier molecular flexibility index (Phi) is 33.7. The summed E-state index contributed by atoms with van der Waals surface area (Å²) in [4.78, 5) is 13.0. The van der Waals surface area contributed by atoms with Gasteiger partial charge in [0, 0.05) is 13.0 Å². The zero-order chi connectivity index (χ0) is 46.6. The summed E-state index contributed by atoms with van der Waals surface area (Å²) < 4.78 is 34.1. The minimum Gasteiger partial charge on any atom is -0.457 e. The number of aliphatic hydroxyl groups excluding tert-OH is 7. The van der Waals surface area contributed by atoms with Gasteiger partial charge in [-0.25, -0.2) is 0 Å². The van der Waals surface area contributed by atoms with Crippen LogP contribution in [0.4, 0.5) is 0 Å². The maximum atomic E-state index is 13.0. The van der Waals surface area contributed by atoms with E-state index in [1.54, 1.807) is 0 Å². The lowest BCUT2D eigenvalue weighted by Gasteiger charge is -2.42. The number of carbonyl (C=O) groups excluding carboxylic acids is 1. The lowest BCUT2D eigenvalue weighted by atomic mass is 9.98. The molecule has 2 rings (SSSR count). The number of hydrogen-bond donors (Lipinski definition) is 7. The molecule has 2 fully saturated rings. The molecule has 11 unspecified atom stereocenters. The Hall–Kier alpha value is -2.57. The smallest absolute Gasteiger partial charge is 0.306 e. The van der Waals surface area contributed by atoms with Gasteiger partial charge in [0.2, 0.25) is 0 Å². The molecule has 2 saturated heterocycles. The van der Waals surface area contributed by atoms with E-state index in [1.165, 1.54) is 19.3 Å². The van der Waals surface area contributed by atoms with Crippen LogP contribution in [-0.4, -0.2) is 142 Å². The van der Waals surface area contributed by atoms with Crippen molar-refractivity contribution in [3.63, 3.8) is 0 Å². The summed E-state index contributed by atoms with van der Waals surface area (Å²) in [6.45, 7) is 3.42. The monoisotopic (exact) mass is 909 g/mol. The Balaban J connectivity index is 1.80. The number of carbonyl (C=O) groups is 1. The molecule has 0 amide bonds. The Bertz CT molecular complexity index is 1330. The van der Waals surface area contributed by atoms with E-state index in [4.69, 9.17) is 28.4 Å². The highest BCUT2D eigenvalue weighted by atomic mass is 16.7. The number of unbranched alkanes of at least 4 members (excludes halogenated alkanes) is 10. The molecule has 14 nitrogen and oxygen atoms in total. The molecule has 7 N–H and O–H groups in total. The average Bonchev–Trinajstić information content (AvgIpc) is 3.29. The molecule has 368 valence electrons. The van der Waals surface area contributed by atoms with Gasteiger partial charge in [-0.3, -0.25) is 4.79 Å². The van der Waals surface area contributed by atoms with Crippen molar-refractivity contribution >= 4 is 5.97 Å². The number of esters is 1. The number of allylic oxidation sites excluding steroid dienone is 12. The van der Waals surface area contributed by atoms with Crippen molar-refractivity contribution in [1.82, 2.24) is 0 Å². The largest absolute Gasteiger partial charge is 0.457 e. The number of rotatable bonds is 36. The molecule has 0 radical (unpaired) electrons. The summed E-state index contributed by atoms with van der Waals surface area (Å²) in [7, 11) is 0. The molecule has 11 atom stereocenters. The minimum absolute atomic E-state index is 0.0392. The molecule has 2 aliphatic rings. The average molecular weight is 909 g/mol. The van der Waals surface area contributed by atoms with E-state index in [0.29, 0.717) is 13.0 Å². The van der Waals surface area contributed by atoms with Crippen molar-refractivity contribution in [2.24, 2.45) is 0 Å². The highest BCUT2D eigenvalue weighted by Gasteiger charge is 2.47. The van der Waals surface area contributed by atoms with Crippen molar-refractivity contribution in [3.8, 4) is 0 Å². The first-order valence-corrected chi connectivity index (χ1v) is 24.0. The van der Waals surface area contributed by atoms with Crippen LogP contribution in [0.5, 0.6) is 0 Å². The summed E-state index contributed by atoms with van der Waals surface area (Å²) in [6.07, 6.45) is 28.3.